The van der Waals surface area contributed by atoms with E-state index in [1.165, 1.54) is 7.11 Å². The van der Waals surface area contributed by atoms with Gasteiger partial charge in [-0.2, -0.15) is 0 Å². The van der Waals surface area contributed by atoms with Gasteiger partial charge in [0.05, 0.1) is 29.7 Å². The number of esters is 1. The molecule has 0 saturated heterocycles. The quantitative estimate of drug-likeness (QED) is 0.637. The van der Waals surface area contributed by atoms with Crippen molar-refractivity contribution < 1.29 is 9.53 Å². The summed E-state index contributed by atoms with van der Waals surface area (Å²) in [6.07, 6.45) is 3.02. The third-order valence-electron chi connectivity index (χ3n) is 4.09. The monoisotopic (exact) mass is 335 g/mol. The number of carbonyl (C=O) groups excluding carboxylic acids is 1. The minimum Gasteiger partial charge on any atom is -0.465 e. The second kappa shape index (κ2) is 7.75. The number of hydrogen-bond acceptors (Lipinski definition) is 4. The summed E-state index contributed by atoms with van der Waals surface area (Å²) < 4.78 is 6.63. The number of benzene rings is 2. The standard InChI is InChI=1S/C20H21N3O2/c1-3-4-10-18-19(15-11-13-16(14-12-15)20(24)25-2)23(22-21-18)17-8-6-5-7-9-17/h5-9,11-14H,3-4,10H2,1-2H3. The van der Waals surface area contributed by atoms with E-state index < -0.39 is 0 Å². The highest BCUT2D eigenvalue weighted by molar-refractivity contribution is 5.89. The molecular weight excluding hydrogens is 314 g/mol. The number of ether oxygens (including phenoxy) is 1. The molecule has 3 rings (SSSR count). The zero-order chi connectivity index (χ0) is 17.6. The fourth-order valence-corrected chi connectivity index (χ4v) is 2.75. The lowest BCUT2D eigenvalue weighted by atomic mass is 10.0. The van der Waals surface area contributed by atoms with Crippen molar-refractivity contribution >= 4 is 5.97 Å². The Bertz CT molecular complexity index is 839. The fraction of sp³-hybridized carbons (Fsp3) is 0.250. The van der Waals surface area contributed by atoms with Crippen LogP contribution >= 0.6 is 0 Å². The Morgan fingerprint density at radius 1 is 1.08 bits per heavy atom. The van der Waals surface area contributed by atoms with Crippen molar-refractivity contribution in [3.8, 4) is 16.9 Å². The largest absolute Gasteiger partial charge is 0.465 e. The summed E-state index contributed by atoms with van der Waals surface area (Å²) in [6.45, 7) is 2.16. The molecule has 2 aromatic carbocycles. The van der Waals surface area contributed by atoms with Gasteiger partial charge in [0.1, 0.15) is 0 Å². The lowest BCUT2D eigenvalue weighted by Gasteiger charge is -2.09. The molecule has 1 heterocycles. The highest BCUT2D eigenvalue weighted by atomic mass is 16.5. The molecule has 0 N–H and O–H groups in total. The van der Waals surface area contributed by atoms with Crippen molar-refractivity contribution in [1.82, 2.24) is 15.0 Å². The van der Waals surface area contributed by atoms with Crippen molar-refractivity contribution in [1.29, 1.82) is 0 Å². The number of aromatic nitrogens is 3. The van der Waals surface area contributed by atoms with E-state index >= 15 is 0 Å². The van der Waals surface area contributed by atoms with Gasteiger partial charge >= 0.3 is 5.97 Å². The summed E-state index contributed by atoms with van der Waals surface area (Å²) in [4.78, 5) is 11.7. The molecular formula is C20H21N3O2. The Morgan fingerprint density at radius 3 is 2.44 bits per heavy atom. The van der Waals surface area contributed by atoms with E-state index in [0.29, 0.717) is 5.56 Å². The van der Waals surface area contributed by atoms with Crippen LogP contribution in [0.15, 0.2) is 54.6 Å². The lowest BCUT2D eigenvalue weighted by Crippen LogP contribution is -2.02. The Morgan fingerprint density at radius 2 is 1.80 bits per heavy atom. The van der Waals surface area contributed by atoms with Crippen LogP contribution in [-0.4, -0.2) is 28.1 Å². The molecule has 0 fully saturated rings. The van der Waals surface area contributed by atoms with Crippen LogP contribution in [0.25, 0.3) is 16.9 Å². The Balaban J connectivity index is 2.06. The van der Waals surface area contributed by atoms with Crippen molar-refractivity contribution in [3.63, 3.8) is 0 Å². The highest BCUT2D eigenvalue weighted by Gasteiger charge is 2.16. The molecule has 5 heteroatoms. The molecule has 0 aliphatic rings. The van der Waals surface area contributed by atoms with Gasteiger partial charge in [0.25, 0.3) is 0 Å². The summed E-state index contributed by atoms with van der Waals surface area (Å²) in [6, 6.07) is 17.3. The zero-order valence-electron chi connectivity index (χ0n) is 14.5. The molecule has 25 heavy (non-hydrogen) atoms. The molecule has 0 atom stereocenters. The second-order valence-corrected chi connectivity index (χ2v) is 5.80. The highest BCUT2D eigenvalue weighted by Crippen LogP contribution is 2.27. The van der Waals surface area contributed by atoms with Gasteiger partial charge in [-0.1, -0.05) is 48.9 Å². The van der Waals surface area contributed by atoms with Crippen molar-refractivity contribution in [2.45, 2.75) is 26.2 Å². The van der Waals surface area contributed by atoms with Gasteiger partial charge in [0, 0.05) is 5.56 Å². The van der Waals surface area contributed by atoms with Gasteiger partial charge in [-0.05, 0) is 37.1 Å². The Labute approximate surface area is 147 Å². The maximum atomic E-state index is 11.7. The SMILES string of the molecule is CCCCc1nnn(-c2ccccc2)c1-c1ccc(C(=O)OC)cc1. The van der Waals surface area contributed by atoms with Crippen LogP contribution in [-0.2, 0) is 11.2 Å². The van der Waals surface area contributed by atoms with Crippen molar-refractivity contribution in [2.75, 3.05) is 7.11 Å². The third kappa shape index (κ3) is 3.60. The van der Waals surface area contributed by atoms with E-state index in [4.69, 9.17) is 4.74 Å². The van der Waals surface area contributed by atoms with Crippen LogP contribution in [0, 0.1) is 0 Å². The van der Waals surface area contributed by atoms with E-state index in [2.05, 4.69) is 17.2 Å². The van der Waals surface area contributed by atoms with E-state index in [1.54, 1.807) is 12.1 Å². The van der Waals surface area contributed by atoms with E-state index in [0.717, 1.165) is 41.9 Å². The Kier molecular flexibility index (Phi) is 5.23. The predicted octanol–water partition coefficient (Wildman–Crippen LogP) is 4.06. The summed E-state index contributed by atoms with van der Waals surface area (Å²) >= 11 is 0. The molecule has 0 bridgehead atoms. The summed E-state index contributed by atoms with van der Waals surface area (Å²) in [7, 11) is 1.38. The van der Waals surface area contributed by atoms with E-state index in [-0.39, 0.29) is 5.97 Å². The predicted molar refractivity (Wildman–Crippen MR) is 96.7 cm³/mol. The number of hydrogen-bond donors (Lipinski definition) is 0. The van der Waals surface area contributed by atoms with Gasteiger partial charge in [-0.3, -0.25) is 0 Å². The average Bonchev–Trinajstić information content (AvgIpc) is 3.10. The van der Waals surface area contributed by atoms with Crippen molar-refractivity contribution in [3.05, 3.63) is 65.9 Å². The second-order valence-electron chi connectivity index (χ2n) is 5.80. The fourth-order valence-electron chi connectivity index (χ4n) is 2.75. The number of carbonyl (C=O) groups is 1. The average molecular weight is 335 g/mol. The van der Waals surface area contributed by atoms with Crippen molar-refractivity contribution in [2.24, 2.45) is 0 Å². The number of aryl methyl sites for hydroxylation is 1. The maximum Gasteiger partial charge on any atom is 0.337 e. The molecule has 0 radical (unpaired) electrons. The topological polar surface area (TPSA) is 57.0 Å². The molecule has 1 aromatic heterocycles. The number of unbranched alkanes of at least 4 members (excludes halogenated alkanes) is 1. The molecule has 0 spiro atoms. The van der Waals surface area contributed by atoms with Crippen LogP contribution in [0.1, 0.15) is 35.8 Å². The number of methoxy groups -OCH3 is 1. The molecule has 0 aliphatic carbocycles. The van der Waals surface area contributed by atoms with Crippen LogP contribution < -0.4 is 0 Å². The molecule has 128 valence electrons. The van der Waals surface area contributed by atoms with Gasteiger partial charge in [-0.15, -0.1) is 5.10 Å². The van der Waals surface area contributed by atoms with Crippen LogP contribution in [0.4, 0.5) is 0 Å². The van der Waals surface area contributed by atoms with Crippen LogP contribution in [0.5, 0.6) is 0 Å². The molecule has 5 nitrogen and oxygen atoms in total. The van der Waals surface area contributed by atoms with Gasteiger partial charge in [0.2, 0.25) is 0 Å². The minimum absolute atomic E-state index is 0.340. The van der Waals surface area contributed by atoms with Gasteiger partial charge < -0.3 is 4.74 Å². The smallest absolute Gasteiger partial charge is 0.337 e. The molecule has 0 unspecified atom stereocenters. The summed E-state index contributed by atoms with van der Waals surface area (Å²) in [5, 5.41) is 8.77. The minimum atomic E-state index is -0.340. The lowest BCUT2D eigenvalue weighted by molar-refractivity contribution is 0.0601. The molecule has 0 aliphatic heterocycles. The first-order valence-electron chi connectivity index (χ1n) is 8.43. The van der Waals surface area contributed by atoms with Gasteiger partial charge in [-0.25, -0.2) is 9.48 Å². The Hall–Kier alpha value is -2.95. The number of rotatable bonds is 6. The first-order valence-corrected chi connectivity index (χ1v) is 8.43. The van der Waals surface area contributed by atoms with Crippen LogP contribution in [0.2, 0.25) is 0 Å². The maximum absolute atomic E-state index is 11.7. The van der Waals surface area contributed by atoms with Gasteiger partial charge in [0.15, 0.2) is 0 Å². The third-order valence-corrected chi connectivity index (χ3v) is 4.09. The summed E-state index contributed by atoms with van der Waals surface area (Å²) in [5.74, 6) is -0.340. The number of para-hydroxylation sites is 1. The first kappa shape index (κ1) is 16.9. The molecule has 3 aromatic rings. The zero-order valence-corrected chi connectivity index (χ0v) is 14.5. The normalized spacial score (nSPS) is 10.6. The first-order chi connectivity index (χ1) is 12.2. The van der Waals surface area contributed by atoms with E-state index in [9.17, 15) is 4.79 Å². The van der Waals surface area contributed by atoms with Crippen LogP contribution in [0.3, 0.4) is 0 Å². The molecule has 0 amide bonds. The summed E-state index contributed by atoms with van der Waals surface area (Å²) in [5.41, 5.74) is 4.41. The molecule has 0 saturated carbocycles. The van der Waals surface area contributed by atoms with E-state index in [1.807, 2.05) is 47.1 Å². The number of nitrogens with zero attached hydrogens (tertiary/aromatic N) is 3.